The molecule has 2 aromatic heterocycles. The molecule has 11 rings (SSSR count). The lowest BCUT2D eigenvalue weighted by Crippen LogP contribution is -2.16. The van der Waals surface area contributed by atoms with Gasteiger partial charge in [-0.05, 0) is 99.3 Å². The number of hydrogen-bond donors (Lipinski definition) is 0. The molecule has 60 heavy (non-hydrogen) atoms. The quantitative estimate of drug-likeness (QED) is 0.161. The van der Waals surface area contributed by atoms with Crippen LogP contribution in [-0.2, 0) is 5.41 Å². The summed E-state index contributed by atoms with van der Waals surface area (Å²) in [6.45, 7) is 6.90. The smallest absolute Gasteiger partial charge is 0.0963 e. The van der Waals surface area contributed by atoms with Crippen molar-refractivity contribution in [3.8, 4) is 55.9 Å². The van der Waals surface area contributed by atoms with Crippen LogP contribution in [0, 0.1) is 6.92 Å². The van der Waals surface area contributed by atoms with Crippen LogP contribution >= 0.6 is 0 Å². The second-order valence-electron chi connectivity index (χ2n) is 16.5. The van der Waals surface area contributed by atoms with E-state index in [4.69, 9.17) is 5.10 Å². The zero-order valence-corrected chi connectivity index (χ0v) is 34.0. The Labute approximate surface area is 351 Å². The van der Waals surface area contributed by atoms with Crippen molar-refractivity contribution < 1.29 is 0 Å². The van der Waals surface area contributed by atoms with Gasteiger partial charge in [-0.25, -0.2) is 4.52 Å². The number of pyridine rings is 1. The average molecular weight is 770 g/mol. The Hall–Kier alpha value is -7.49. The van der Waals surface area contributed by atoms with Gasteiger partial charge in [-0.2, -0.15) is 5.10 Å². The van der Waals surface area contributed by atoms with Crippen molar-refractivity contribution in [1.29, 1.82) is 0 Å². The molecule has 0 radical (unpaired) electrons. The number of hydrogen-bond acceptors (Lipinski definition) is 2. The van der Waals surface area contributed by atoms with Gasteiger partial charge in [0, 0.05) is 44.6 Å². The molecule has 0 saturated carbocycles. The summed E-state index contributed by atoms with van der Waals surface area (Å²) in [5, 5.41) is 7.72. The molecule has 2 heterocycles. The van der Waals surface area contributed by atoms with Crippen LogP contribution in [0.1, 0.15) is 30.5 Å². The molecule has 1 aliphatic carbocycles. The van der Waals surface area contributed by atoms with E-state index in [1.165, 1.54) is 49.7 Å². The average Bonchev–Trinajstić information content (AvgIpc) is 3.77. The summed E-state index contributed by atoms with van der Waals surface area (Å²) < 4.78 is 2.14. The maximum Gasteiger partial charge on any atom is 0.0963 e. The first-order chi connectivity index (χ1) is 29.4. The second-order valence-corrected chi connectivity index (χ2v) is 16.5. The summed E-state index contributed by atoms with van der Waals surface area (Å²) in [5.41, 5.74) is 20.0. The minimum Gasteiger partial charge on any atom is -0.310 e. The number of aryl methyl sites for hydroxylation is 1. The third kappa shape index (κ3) is 5.85. The number of nitrogens with zero attached hydrogens (tertiary/aromatic N) is 3. The second kappa shape index (κ2) is 14.1. The van der Waals surface area contributed by atoms with Crippen LogP contribution in [0.15, 0.2) is 206 Å². The summed E-state index contributed by atoms with van der Waals surface area (Å²) >= 11 is 0. The Kier molecular flexibility index (Phi) is 8.38. The molecule has 0 fully saturated rings. The van der Waals surface area contributed by atoms with Gasteiger partial charge in [-0.15, -0.1) is 0 Å². The molecule has 0 spiro atoms. The topological polar surface area (TPSA) is 20.5 Å². The van der Waals surface area contributed by atoms with E-state index in [2.05, 4.69) is 236 Å². The highest BCUT2D eigenvalue weighted by molar-refractivity contribution is 6.01. The van der Waals surface area contributed by atoms with E-state index in [1.54, 1.807) is 0 Å². The highest BCUT2D eigenvalue weighted by Crippen LogP contribution is 2.51. The maximum absolute atomic E-state index is 5.30. The predicted octanol–water partition coefficient (Wildman–Crippen LogP) is 15.2. The Morgan fingerprint density at radius 3 is 1.78 bits per heavy atom. The number of anilines is 3. The van der Waals surface area contributed by atoms with Gasteiger partial charge in [0.05, 0.1) is 16.9 Å². The Bertz CT molecular complexity index is 3210. The van der Waals surface area contributed by atoms with Crippen LogP contribution in [0.5, 0.6) is 0 Å². The lowest BCUT2D eigenvalue weighted by molar-refractivity contribution is 0.660. The molecular weight excluding hydrogens is 727 g/mol. The summed E-state index contributed by atoms with van der Waals surface area (Å²) in [6.07, 6.45) is 0. The lowest BCUT2D eigenvalue weighted by atomic mass is 9.82. The van der Waals surface area contributed by atoms with Gasteiger partial charge in [-0.3, -0.25) is 0 Å². The predicted molar refractivity (Wildman–Crippen MR) is 251 cm³/mol. The molecule has 0 bridgehead atoms. The van der Waals surface area contributed by atoms with Crippen molar-refractivity contribution in [3.05, 3.63) is 223 Å². The Morgan fingerprint density at radius 2 is 1.00 bits per heavy atom. The first-order valence-corrected chi connectivity index (χ1v) is 20.8. The van der Waals surface area contributed by atoms with Crippen molar-refractivity contribution in [3.63, 3.8) is 0 Å². The summed E-state index contributed by atoms with van der Waals surface area (Å²) in [4.78, 5) is 2.40. The zero-order chi connectivity index (χ0) is 40.4. The summed E-state index contributed by atoms with van der Waals surface area (Å²) in [5.74, 6) is 0. The number of benzene rings is 8. The molecule has 3 heteroatoms. The molecule has 0 saturated heterocycles. The Morgan fingerprint density at radius 1 is 0.433 bits per heavy atom. The first kappa shape index (κ1) is 35.7. The summed E-state index contributed by atoms with van der Waals surface area (Å²) in [6, 6.07) is 74.8. The fraction of sp³-hybridized carbons (Fsp3) is 0.0702. The SMILES string of the molecule is Cc1c(-c2ccc(-c3cccc(N(c4ccc(-c5ccccc5)cc4)c4ccc5c(c4)C(C)(C)c4ccccc4-5)c3)cc2)nn2c(-c3ccccc3)cc3ccccc3c12. The van der Waals surface area contributed by atoms with E-state index >= 15 is 0 Å². The highest BCUT2D eigenvalue weighted by atomic mass is 15.2. The van der Waals surface area contributed by atoms with Gasteiger partial charge < -0.3 is 4.90 Å². The lowest BCUT2D eigenvalue weighted by Gasteiger charge is -2.28. The third-order valence-electron chi connectivity index (χ3n) is 12.6. The highest BCUT2D eigenvalue weighted by Gasteiger charge is 2.35. The molecule has 0 amide bonds. The fourth-order valence-corrected chi connectivity index (χ4v) is 9.48. The monoisotopic (exact) mass is 769 g/mol. The largest absolute Gasteiger partial charge is 0.310 e. The first-order valence-electron chi connectivity index (χ1n) is 20.8. The Balaban J connectivity index is 0.990. The summed E-state index contributed by atoms with van der Waals surface area (Å²) in [7, 11) is 0. The van der Waals surface area contributed by atoms with Crippen molar-refractivity contribution in [1.82, 2.24) is 9.61 Å². The van der Waals surface area contributed by atoms with E-state index in [1.807, 2.05) is 0 Å². The van der Waals surface area contributed by atoms with E-state index in [-0.39, 0.29) is 5.41 Å². The van der Waals surface area contributed by atoms with Crippen LogP contribution < -0.4 is 4.90 Å². The third-order valence-corrected chi connectivity index (χ3v) is 12.6. The van der Waals surface area contributed by atoms with E-state index < -0.39 is 0 Å². The molecule has 10 aromatic rings. The van der Waals surface area contributed by atoms with Crippen molar-refractivity contribution in [2.75, 3.05) is 4.90 Å². The van der Waals surface area contributed by atoms with Gasteiger partial charge in [0.25, 0.3) is 0 Å². The number of rotatable bonds is 7. The zero-order valence-electron chi connectivity index (χ0n) is 34.0. The van der Waals surface area contributed by atoms with E-state index in [9.17, 15) is 0 Å². The van der Waals surface area contributed by atoms with Gasteiger partial charge >= 0.3 is 0 Å². The van der Waals surface area contributed by atoms with Crippen molar-refractivity contribution in [2.24, 2.45) is 0 Å². The van der Waals surface area contributed by atoms with Gasteiger partial charge in [-0.1, -0.05) is 178 Å². The normalized spacial score (nSPS) is 12.7. The van der Waals surface area contributed by atoms with Crippen LogP contribution in [0.25, 0.3) is 72.2 Å². The van der Waals surface area contributed by atoms with Crippen LogP contribution in [0.3, 0.4) is 0 Å². The van der Waals surface area contributed by atoms with Crippen molar-refractivity contribution in [2.45, 2.75) is 26.2 Å². The molecule has 8 aromatic carbocycles. The molecule has 286 valence electrons. The van der Waals surface area contributed by atoms with Gasteiger partial charge in [0.15, 0.2) is 0 Å². The van der Waals surface area contributed by atoms with E-state index in [0.717, 1.165) is 56.2 Å². The molecular formula is C57H43N3. The molecule has 0 N–H and O–H groups in total. The molecule has 0 aliphatic heterocycles. The molecule has 3 nitrogen and oxygen atoms in total. The molecule has 1 aliphatic rings. The fourth-order valence-electron chi connectivity index (χ4n) is 9.48. The molecule has 0 atom stereocenters. The van der Waals surface area contributed by atoms with Crippen LogP contribution in [0.4, 0.5) is 17.1 Å². The number of fused-ring (bicyclic) bond motifs is 6. The van der Waals surface area contributed by atoms with Gasteiger partial charge in [0.1, 0.15) is 0 Å². The van der Waals surface area contributed by atoms with Gasteiger partial charge in [0.2, 0.25) is 0 Å². The maximum atomic E-state index is 5.30. The standard InChI is InChI=1S/C57H43N3/c1-38-55(58-60-54(42-17-8-5-9-18-42)36-45-19-10-11-22-49(45)56(38)60)43-27-25-41(26-28-43)44-20-14-21-47(35-44)59(46-31-29-40(30-32-46)39-15-6-4-7-16-39)48-33-34-51-50-23-12-13-24-52(50)57(2,3)53(51)37-48/h4-37H,1-3H3. The minimum atomic E-state index is -0.107. The number of aromatic nitrogens is 2. The minimum absolute atomic E-state index is 0.107. The van der Waals surface area contributed by atoms with Crippen molar-refractivity contribution >= 4 is 33.4 Å². The van der Waals surface area contributed by atoms with Crippen LogP contribution in [-0.4, -0.2) is 9.61 Å². The molecule has 0 unspecified atom stereocenters. The van der Waals surface area contributed by atoms with E-state index in [0.29, 0.717) is 0 Å². The van der Waals surface area contributed by atoms with Crippen LogP contribution in [0.2, 0.25) is 0 Å².